The number of nitrogens with zero attached hydrogens (tertiary/aromatic N) is 1. The van der Waals surface area contributed by atoms with E-state index in [-0.39, 0.29) is 31.3 Å². The molecule has 9 N–H and O–H groups in total. The van der Waals surface area contributed by atoms with Crippen molar-refractivity contribution in [2.75, 3.05) is 25.0 Å². The van der Waals surface area contributed by atoms with E-state index >= 15 is 0 Å². The molecule has 2 aromatic carbocycles. The Kier molecular flexibility index (Phi) is 13.6. The molecule has 2 aromatic rings. The number of imide groups is 1. The maximum Gasteiger partial charge on any atom is 0.264 e. The van der Waals surface area contributed by atoms with Crippen molar-refractivity contribution in [2.24, 2.45) is 11.5 Å². The Balaban J connectivity index is 1.58. The normalized spacial score (nSPS) is 16.2. The summed E-state index contributed by atoms with van der Waals surface area (Å²) in [6.45, 7) is 5.06. The number of nitrogens with two attached hydrogens (primary N) is 2. The smallest absolute Gasteiger partial charge is 0.264 e. The highest BCUT2D eigenvalue weighted by molar-refractivity contribution is 5.98. The van der Waals surface area contributed by atoms with E-state index in [2.05, 4.69) is 21.3 Å². The second-order valence-electron chi connectivity index (χ2n) is 12.5. The lowest BCUT2D eigenvalue weighted by molar-refractivity contribution is -0.147. The molecule has 0 aliphatic carbocycles. The molecule has 48 heavy (non-hydrogen) atoms. The SMILES string of the molecule is CC(C)(C)NC(=O)[C@@H]1CCCN1C(=O)[C@@H](O)[C@H](Cc1ccccc1)NC(=O)[C@@H](N)CC(=O)NC(=O)COc1ccc(NC(=O)CN)cc1. The minimum Gasteiger partial charge on any atom is -0.484 e. The number of aliphatic hydroxyl groups is 1. The molecular formula is C33H45N7O8. The first-order valence-electron chi connectivity index (χ1n) is 15.6. The molecule has 0 aromatic heterocycles. The molecule has 0 unspecified atom stereocenters. The van der Waals surface area contributed by atoms with Crippen LogP contribution in [0.15, 0.2) is 54.6 Å². The highest BCUT2D eigenvalue weighted by Gasteiger charge is 2.40. The highest BCUT2D eigenvalue weighted by Crippen LogP contribution is 2.21. The third kappa shape index (κ3) is 11.7. The summed E-state index contributed by atoms with van der Waals surface area (Å²) < 4.78 is 5.35. The number of rotatable bonds is 14. The number of anilines is 1. The number of benzene rings is 2. The Bertz CT molecular complexity index is 1450. The first-order chi connectivity index (χ1) is 22.7. The molecule has 1 saturated heterocycles. The van der Waals surface area contributed by atoms with Gasteiger partial charge >= 0.3 is 0 Å². The Hall–Kier alpha value is -4.86. The van der Waals surface area contributed by atoms with Crippen LogP contribution in [-0.4, -0.2) is 94.9 Å². The minimum atomic E-state index is -1.72. The predicted molar refractivity (Wildman–Crippen MR) is 176 cm³/mol. The second kappa shape index (κ2) is 17.3. The van der Waals surface area contributed by atoms with Gasteiger partial charge in [0.05, 0.1) is 25.0 Å². The van der Waals surface area contributed by atoms with Crippen LogP contribution in [0.4, 0.5) is 5.69 Å². The van der Waals surface area contributed by atoms with Crippen molar-refractivity contribution < 1.29 is 38.6 Å². The predicted octanol–water partition coefficient (Wildman–Crippen LogP) is -0.683. The number of likely N-dealkylation sites (tertiary alicyclic amines) is 1. The maximum atomic E-state index is 13.5. The topological polar surface area (TPSA) is 235 Å². The quantitative estimate of drug-likeness (QED) is 0.134. The molecule has 1 fully saturated rings. The summed E-state index contributed by atoms with van der Waals surface area (Å²) in [6, 6.07) is 11.6. The van der Waals surface area contributed by atoms with Crippen LogP contribution < -0.4 is 37.5 Å². The second-order valence-corrected chi connectivity index (χ2v) is 12.5. The summed E-state index contributed by atoms with van der Waals surface area (Å²) in [7, 11) is 0. The van der Waals surface area contributed by atoms with Crippen LogP contribution in [0.3, 0.4) is 0 Å². The molecule has 0 bridgehead atoms. The van der Waals surface area contributed by atoms with Crippen LogP contribution >= 0.6 is 0 Å². The molecule has 15 heteroatoms. The number of hydrogen-bond donors (Lipinski definition) is 7. The van der Waals surface area contributed by atoms with Gasteiger partial charge in [0.1, 0.15) is 11.8 Å². The summed E-state index contributed by atoms with van der Waals surface area (Å²) in [6.07, 6.45) is -1.23. The van der Waals surface area contributed by atoms with Crippen LogP contribution in [0.25, 0.3) is 0 Å². The summed E-state index contributed by atoms with van der Waals surface area (Å²) in [5.74, 6) is -3.57. The van der Waals surface area contributed by atoms with E-state index in [1.807, 2.05) is 20.8 Å². The fourth-order valence-electron chi connectivity index (χ4n) is 5.03. The molecular weight excluding hydrogens is 622 g/mol. The van der Waals surface area contributed by atoms with Gasteiger partial charge in [0.2, 0.25) is 23.6 Å². The molecule has 0 radical (unpaired) electrons. The van der Waals surface area contributed by atoms with Gasteiger partial charge < -0.3 is 42.2 Å². The van der Waals surface area contributed by atoms with E-state index in [9.17, 15) is 33.9 Å². The van der Waals surface area contributed by atoms with Crippen molar-refractivity contribution in [1.29, 1.82) is 0 Å². The Labute approximate surface area is 279 Å². The average Bonchev–Trinajstić information content (AvgIpc) is 3.53. The summed E-state index contributed by atoms with van der Waals surface area (Å²) >= 11 is 0. The van der Waals surface area contributed by atoms with E-state index < -0.39 is 66.4 Å². The number of nitrogens with one attached hydrogen (secondary N) is 4. The molecule has 3 rings (SSSR count). The number of carbonyl (C=O) groups is 6. The van der Waals surface area contributed by atoms with Crippen molar-refractivity contribution in [3.63, 3.8) is 0 Å². The van der Waals surface area contributed by atoms with E-state index in [1.54, 1.807) is 42.5 Å². The lowest BCUT2D eigenvalue weighted by Gasteiger charge is -2.32. The lowest BCUT2D eigenvalue weighted by Crippen LogP contribution is -2.58. The van der Waals surface area contributed by atoms with E-state index in [4.69, 9.17) is 16.2 Å². The summed E-state index contributed by atoms with van der Waals surface area (Å²) in [5, 5.41) is 21.4. The fourth-order valence-corrected chi connectivity index (χ4v) is 5.03. The number of amides is 6. The zero-order valence-electron chi connectivity index (χ0n) is 27.4. The Morgan fingerprint density at radius 2 is 1.65 bits per heavy atom. The third-order valence-corrected chi connectivity index (χ3v) is 7.31. The molecule has 6 amide bonds. The molecule has 0 spiro atoms. The number of carbonyl (C=O) groups excluding carboxylic acids is 6. The van der Waals surface area contributed by atoms with Crippen LogP contribution in [0.5, 0.6) is 5.75 Å². The maximum absolute atomic E-state index is 13.5. The average molecular weight is 668 g/mol. The van der Waals surface area contributed by atoms with Crippen LogP contribution in [-0.2, 0) is 35.2 Å². The van der Waals surface area contributed by atoms with Crippen LogP contribution in [0.2, 0.25) is 0 Å². The molecule has 0 saturated carbocycles. The highest BCUT2D eigenvalue weighted by atomic mass is 16.5. The van der Waals surface area contributed by atoms with Crippen LogP contribution in [0.1, 0.15) is 45.6 Å². The largest absolute Gasteiger partial charge is 0.484 e. The fraction of sp³-hybridized carbons (Fsp3) is 0.455. The number of hydrogen-bond acceptors (Lipinski definition) is 10. The third-order valence-electron chi connectivity index (χ3n) is 7.31. The van der Waals surface area contributed by atoms with Gasteiger partial charge in [-0.1, -0.05) is 30.3 Å². The zero-order chi connectivity index (χ0) is 35.4. The number of ether oxygens (including phenoxy) is 1. The first-order valence-corrected chi connectivity index (χ1v) is 15.6. The number of aliphatic hydroxyl groups excluding tert-OH is 1. The van der Waals surface area contributed by atoms with Crippen LogP contribution in [0, 0.1) is 0 Å². The van der Waals surface area contributed by atoms with Gasteiger partial charge in [-0.05, 0) is 69.9 Å². The molecule has 1 aliphatic rings. The van der Waals surface area contributed by atoms with Gasteiger partial charge in [0.25, 0.3) is 11.8 Å². The molecule has 4 atom stereocenters. The van der Waals surface area contributed by atoms with E-state index in [0.29, 0.717) is 29.8 Å². The van der Waals surface area contributed by atoms with Gasteiger partial charge in [0, 0.05) is 17.8 Å². The van der Waals surface area contributed by atoms with E-state index in [1.165, 1.54) is 17.0 Å². The van der Waals surface area contributed by atoms with Gasteiger partial charge in [-0.15, -0.1) is 0 Å². The summed E-state index contributed by atoms with van der Waals surface area (Å²) in [4.78, 5) is 77.0. The zero-order valence-corrected chi connectivity index (χ0v) is 27.4. The monoisotopic (exact) mass is 667 g/mol. The van der Waals surface area contributed by atoms with Crippen molar-refractivity contribution in [1.82, 2.24) is 20.9 Å². The molecule has 15 nitrogen and oxygen atoms in total. The standard InChI is InChI=1S/C33H45N7O8/c1-33(2,3)39-31(46)25-10-7-15-40(25)32(47)29(44)24(16-20-8-5-4-6-9-20)37-30(45)23(35)17-26(41)38-28(43)19-48-22-13-11-21(12-14-22)36-27(42)18-34/h4-6,8-9,11-14,23-25,29,44H,7,10,15-19,34-35H2,1-3H3,(H,36,42)(H,37,45)(H,39,46)(H,38,41,43)/t23-,24-,25-,29-/m0/s1. The molecule has 1 aliphatic heterocycles. The van der Waals surface area contributed by atoms with Gasteiger partial charge in [-0.25, -0.2) is 0 Å². The molecule has 260 valence electrons. The minimum absolute atomic E-state index is 0.0568. The van der Waals surface area contributed by atoms with Crippen molar-refractivity contribution >= 4 is 41.1 Å². The van der Waals surface area contributed by atoms with E-state index in [0.717, 1.165) is 0 Å². The Morgan fingerprint density at radius 3 is 2.27 bits per heavy atom. The molecule has 1 heterocycles. The van der Waals surface area contributed by atoms with Crippen molar-refractivity contribution in [2.45, 2.75) is 76.2 Å². The van der Waals surface area contributed by atoms with Gasteiger partial charge in [-0.3, -0.25) is 34.1 Å². The van der Waals surface area contributed by atoms with Crippen molar-refractivity contribution in [3.05, 3.63) is 60.2 Å². The lowest BCUT2D eigenvalue weighted by atomic mass is 9.99. The summed E-state index contributed by atoms with van der Waals surface area (Å²) in [5.41, 5.74) is 11.9. The van der Waals surface area contributed by atoms with Gasteiger partial charge in [-0.2, -0.15) is 0 Å². The van der Waals surface area contributed by atoms with Gasteiger partial charge in [0.15, 0.2) is 12.7 Å². The Morgan fingerprint density at radius 1 is 0.979 bits per heavy atom. The first kappa shape index (κ1) is 37.6. The van der Waals surface area contributed by atoms with Crippen molar-refractivity contribution in [3.8, 4) is 5.75 Å².